The van der Waals surface area contributed by atoms with Crippen molar-refractivity contribution in [1.29, 1.82) is 0 Å². The van der Waals surface area contributed by atoms with Crippen LogP contribution in [0.3, 0.4) is 0 Å². The van der Waals surface area contributed by atoms with E-state index in [2.05, 4.69) is 9.53 Å². The maximum atomic E-state index is 10.7. The van der Waals surface area contributed by atoms with E-state index in [1.54, 1.807) is 6.92 Å². The molecule has 0 aliphatic rings. The van der Waals surface area contributed by atoms with Crippen LogP contribution in [0, 0.1) is 0 Å². The molecule has 0 saturated heterocycles. The van der Waals surface area contributed by atoms with Crippen molar-refractivity contribution >= 4 is 17.5 Å². The number of carbonyl (C=O) groups excluding carboxylic acids is 2. The molecule has 0 heterocycles. The lowest BCUT2D eigenvalue weighted by molar-refractivity contribution is -0.152. The van der Waals surface area contributed by atoms with E-state index in [1.807, 2.05) is 0 Å². The van der Waals surface area contributed by atoms with Gasteiger partial charge in [-0.25, -0.2) is 4.79 Å². The lowest BCUT2D eigenvalue weighted by Gasteiger charge is -1.93. The summed E-state index contributed by atoms with van der Waals surface area (Å²) in [5.74, 6) is -1.92. The third kappa shape index (κ3) is 2.73. The zero-order chi connectivity index (χ0) is 8.85. The fourth-order valence-electron chi connectivity index (χ4n) is 0.390. The van der Waals surface area contributed by atoms with Gasteiger partial charge in [-0.1, -0.05) is 0 Å². The van der Waals surface area contributed by atoms with Gasteiger partial charge >= 0.3 is 17.5 Å². The molecule has 0 spiro atoms. The first-order valence-electron chi connectivity index (χ1n) is 3.03. The average Bonchev–Trinajstić information content (AvgIpc) is 2.02. The smallest absolute Gasteiger partial charge is 0.387 e. The molecule has 60 valence electrons. The molecule has 5 nitrogen and oxygen atoms in total. The Morgan fingerprint density at radius 1 is 1.55 bits per heavy atom. The zero-order valence-electron chi connectivity index (χ0n) is 6.33. The van der Waals surface area contributed by atoms with Crippen molar-refractivity contribution in [1.82, 2.24) is 0 Å². The van der Waals surface area contributed by atoms with Crippen LogP contribution in [-0.2, 0) is 14.3 Å². The normalized spacial score (nSPS) is 8.18. The quantitative estimate of drug-likeness (QED) is 0.187. The van der Waals surface area contributed by atoms with Crippen LogP contribution >= 0.6 is 0 Å². The molecule has 0 N–H and O–H groups in total. The number of Topliss-reactive ketones (excluding diaryl/α,β-unsaturated/α-hetero) is 1. The molecule has 0 atom stereocenters. The van der Waals surface area contributed by atoms with Gasteiger partial charge in [0.05, 0.1) is 6.61 Å². The Hall–Kier alpha value is -1.48. The fraction of sp³-hybridized carbons (Fsp3) is 0.500. The molecule has 0 aromatic heterocycles. The summed E-state index contributed by atoms with van der Waals surface area (Å²) in [5.41, 5.74) is 7.81. The van der Waals surface area contributed by atoms with Gasteiger partial charge < -0.3 is 10.3 Å². The maximum Gasteiger partial charge on any atom is 0.387 e. The van der Waals surface area contributed by atoms with Crippen LogP contribution in [0.15, 0.2) is 0 Å². The maximum absolute atomic E-state index is 10.7. The summed E-state index contributed by atoms with van der Waals surface area (Å²) in [6, 6.07) is 0. The van der Waals surface area contributed by atoms with E-state index in [4.69, 9.17) is 5.53 Å². The summed E-state index contributed by atoms with van der Waals surface area (Å²) in [6.45, 7) is 2.93. The van der Waals surface area contributed by atoms with Gasteiger partial charge in [0.1, 0.15) is 0 Å². The second-order valence-electron chi connectivity index (χ2n) is 1.74. The van der Waals surface area contributed by atoms with Crippen molar-refractivity contribution < 1.29 is 19.1 Å². The molecule has 11 heavy (non-hydrogen) atoms. The molecule has 0 aromatic carbocycles. The number of hydrogen-bond acceptors (Lipinski definition) is 3. The SMILES string of the molecule is CCOC(=O)C(=O)C(C)=[N+]=[N-]. The standard InChI is InChI=1S/C6H8N2O3/c1-3-11-6(10)5(9)4(2)8-7/h3H2,1-2H3. The predicted octanol–water partition coefficient (Wildman–Crippen LogP) is -0.191. The monoisotopic (exact) mass is 156 g/mol. The summed E-state index contributed by atoms with van der Waals surface area (Å²) in [4.78, 5) is 23.8. The highest BCUT2D eigenvalue weighted by Gasteiger charge is 2.24. The molecule has 0 unspecified atom stereocenters. The Bertz CT molecular complexity index is 228. The van der Waals surface area contributed by atoms with E-state index in [-0.39, 0.29) is 12.3 Å². The van der Waals surface area contributed by atoms with Gasteiger partial charge in [0.15, 0.2) is 0 Å². The van der Waals surface area contributed by atoms with Crippen molar-refractivity contribution in [3.05, 3.63) is 5.53 Å². The van der Waals surface area contributed by atoms with Gasteiger partial charge in [0, 0.05) is 6.92 Å². The molecule has 5 heteroatoms. The highest BCUT2D eigenvalue weighted by molar-refractivity contribution is 6.61. The summed E-state index contributed by atoms with van der Waals surface area (Å²) in [6.07, 6.45) is 0. The molecule has 0 fully saturated rings. The molecule has 0 saturated carbocycles. The molecule has 0 rings (SSSR count). The van der Waals surface area contributed by atoms with Crippen LogP contribution < -0.4 is 0 Å². The van der Waals surface area contributed by atoms with Gasteiger partial charge in [0.25, 0.3) is 0 Å². The lowest BCUT2D eigenvalue weighted by Crippen LogP contribution is -2.24. The highest BCUT2D eigenvalue weighted by atomic mass is 16.5. The number of ether oxygens (including phenoxy) is 1. The Labute approximate surface area is 63.6 Å². The Morgan fingerprint density at radius 3 is 2.45 bits per heavy atom. The Morgan fingerprint density at radius 2 is 2.09 bits per heavy atom. The van der Waals surface area contributed by atoms with Crippen molar-refractivity contribution in [2.24, 2.45) is 0 Å². The van der Waals surface area contributed by atoms with Gasteiger partial charge in [-0.3, -0.25) is 4.79 Å². The van der Waals surface area contributed by atoms with Gasteiger partial charge in [-0.05, 0) is 6.92 Å². The zero-order valence-corrected chi connectivity index (χ0v) is 6.33. The number of esters is 1. The first-order valence-corrected chi connectivity index (χ1v) is 3.03. The molecular formula is C6H8N2O3. The number of carbonyl (C=O) groups is 2. The van der Waals surface area contributed by atoms with Crippen LogP contribution in [-0.4, -0.2) is 28.9 Å². The largest absolute Gasteiger partial charge is 0.460 e. The number of hydrogen-bond donors (Lipinski definition) is 0. The van der Waals surface area contributed by atoms with Crippen molar-refractivity contribution in [3.63, 3.8) is 0 Å². The Balaban J connectivity index is 4.26. The van der Waals surface area contributed by atoms with Crippen LogP contribution in [0.25, 0.3) is 5.53 Å². The van der Waals surface area contributed by atoms with Gasteiger partial charge in [-0.2, -0.15) is 4.79 Å². The summed E-state index contributed by atoms with van der Waals surface area (Å²) in [7, 11) is 0. The number of nitrogens with zero attached hydrogens (tertiary/aromatic N) is 2. The van der Waals surface area contributed by atoms with Crippen molar-refractivity contribution in [2.45, 2.75) is 13.8 Å². The van der Waals surface area contributed by atoms with Crippen molar-refractivity contribution in [3.8, 4) is 0 Å². The third-order valence-corrected chi connectivity index (χ3v) is 0.939. The van der Waals surface area contributed by atoms with E-state index < -0.39 is 11.8 Å². The van der Waals surface area contributed by atoms with Crippen LogP contribution in [0.1, 0.15) is 13.8 Å². The third-order valence-electron chi connectivity index (χ3n) is 0.939. The summed E-state index contributed by atoms with van der Waals surface area (Å²) in [5, 5.41) is 0. The molecule has 0 amide bonds. The van der Waals surface area contributed by atoms with Crippen molar-refractivity contribution in [2.75, 3.05) is 6.61 Å². The summed E-state index contributed by atoms with van der Waals surface area (Å²) < 4.78 is 4.35. The van der Waals surface area contributed by atoms with Crippen LogP contribution in [0.4, 0.5) is 0 Å². The molecule has 0 aromatic rings. The van der Waals surface area contributed by atoms with E-state index in [0.717, 1.165) is 0 Å². The van der Waals surface area contributed by atoms with E-state index in [9.17, 15) is 9.59 Å². The summed E-state index contributed by atoms with van der Waals surface area (Å²) >= 11 is 0. The minimum Gasteiger partial charge on any atom is -0.460 e. The highest BCUT2D eigenvalue weighted by Crippen LogP contribution is 1.82. The minimum absolute atomic E-state index is 0.128. The molecular weight excluding hydrogens is 148 g/mol. The number of ketones is 1. The lowest BCUT2D eigenvalue weighted by atomic mass is 10.3. The van der Waals surface area contributed by atoms with E-state index in [1.165, 1.54) is 6.92 Å². The molecule has 0 aliphatic carbocycles. The molecule has 0 bridgehead atoms. The second-order valence-corrected chi connectivity index (χ2v) is 1.74. The fourth-order valence-corrected chi connectivity index (χ4v) is 0.390. The first kappa shape index (κ1) is 9.52. The van der Waals surface area contributed by atoms with E-state index in [0.29, 0.717) is 0 Å². The van der Waals surface area contributed by atoms with Crippen LogP contribution in [0.2, 0.25) is 0 Å². The van der Waals surface area contributed by atoms with Crippen LogP contribution in [0.5, 0.6) is 0 Å². The first-order chi connectivity index (χ1) is 5.13. The average molecular weight is 156 g/mol. The van der Waals surface area contributed by atoms with E-state index >= 15 is 0 Å². The van der Waals surface area contributed by atoms with Gasteiger partial charge in [0.2, 0.25) is 0 Å². The number of rotatable bonds is 3. The molecule has 0 aliphatic heterocycles. The Kier molecular flexibility index (Phi) is 3.77. The minimum atomic E-state index is -0.997. The topological polar surface area (TPSA) is 79.8 Å². The van der Waals surface area contributed by atoms with Gasteiger partial charge in [-0.15, -0.1) is 0 Å². The molecule has 0 radical (unpaired) electrons. The second kappa shape index (κ2) is 4.35. The predicted molar refractivity (Wildman–Crippen MR) is 35.9 cm³/mol.